The third-order valence-corrected chi connectivity index (χ3v) is 8.57. The molecule has 1 aliphatic heterocycles. The molecule has 8 nitrogen and oxygen atoms in total. The van der Waals surface area contributed by atoms with Crippen LogP contribution in [0.25, 0.3) is 10.9 Å². The predicted octanol–water partition coefficient (Wildman–Crippen LogP) is 7.40. The molecule has 1 aliphatic rings. The lowest BCUT2D eigenvalue weighted by Gasteiger charge is -2.17. The van der Waals surface area contributed by atoms with Crippen LogP contribution in [0.1, 0.15) is 43.6 Å². The van der Waals surface area contributed by atoms with Gasteiger partial charge in [0.15, 0.2) is 23.0 Å². The second-order valence-electron chi connectivity index (χ2n) is 8.98. The Morgan fingerprint density at radius 3 is 2.62 bits per heavy atom. The SMILES string of the molecule is CCOc1cc(C=Nn2c(C(C)C)nc3ccc(Br)cc3c2=O)c(Br)c(Br)c1OCc1ccc2c(c1)OCO2. The molecule has 0 spiro atoms. The number of hydrogen-bond acceptors (Lipinski definition) is 7. The van der Waals surface area contributed by atoms with Crippen LogP contribution in [0.15, 0.2) is 65.8 Å². The summed E-state index contributed by atoms with van der Waals surface area (Å²) in [4.78, 5) is 18.1. The number of halogens is 3. The minimum Gasteiger partial charge on any atom is -0.490 e. The monoisotopic (exact) mass is 719 g/mol. The maximum atomic E-state index is 13.4. The van der Waals surface area contributed by atoms with E-state index < -0.39 is 0 Å². The summed E-state index contributed by atoms with van der Waals surface area (Å²) in [6.45, 7) is 6.80. The summed E-state index contributed by atoms with van der Waals surface area (Å²) >= 11 is 10.7. The Bertz CT molecular complexity index is 1650. The average Bonchev–Trinajstić information content (AvgIpc) is 3.38. The Hall–Kier alpha value is -2.89. The van der Waals surface area contributed by atoms with Gasteiger partial charge in [-0.15, -0.1) is 0 Å². The molecule has 0 unspecified atom stereocenters. The van der Waals surface area contributed by atoms with Crippen molar-refractivity contribution in [1.29, 1.82) is 0 Å². The van der Waals surface area contributed by atoms with Crippen molar-refractivity contribution in [1.82, 2.24) is 9.66 Å². The fourth-order valence-electron chi connectivity index (χ4n) is 4.05. The standard InChI is InChI=1S/C28H24Br3N3O5/c1-4-36-23-10-17(12-32-34-27(15(2)3)33-20-7-6-18(29)11-19(20)28(34)35)24(30)25(31)26(23)37-13-16-5-8-21-22(9-16)39-14-38-21/h5-12,15H,4,13-14H2,1-3H3. The van der Waals surface area contributed by atoms with E-state index >= 15 is 0 Å². The molecule has 0 aliphatic carbocycles. The van der Waals surface area contributed by atoms with Crippen LogP contribution in [0.2, 0.25) is 0 Å². The highest BCUT2D eigenvalue weighted by Gasteiger charge is 2.19. The van der Waals surface area contributed by atoms with E-state index in [0.717, 1.165) is 15.8 Å². The van der Waals surface area contributed by atoms with Crippen LogP contribution in [0.3, 0.4) is 0 Å². The molecule has 2 heterocycles. The van der Waals surface area contributed by atoms with E-state index in [-0.39, 0.29) is 18.3 Å². The van der Waals surface area contributed by atoms with Gasteiger partial charge in [0, 0.05) is 20.4 Å². The number of hydrogen-bond donors (Lipinski definition) is 0. The minimum absolute atomic E-state index is 0.0241. The highest BCUT2D eigenvalue weighted by atomic mass is 79.9. The third-order valence-electron chi connectivity index (χ3n) is 5.94. The fraction of sp³-hybridized carbons (Fsp3) is 0.250. The molecular formula is C28H24Br3N3O5. The van der Waals surface area contributed by atoms with Crippen molar-refractivity contribution in [3.05, 3.63) is 83.2 Å². The lowest BCUT2D eigenvalue weighted by Crippen LogP contribution is -2.23. The molecule has 0 amide bonds. The lowest BCUT2D eigenvalue weighted by atomic mass is 10.2. The van der Waals surface area contributed by atoms with Gasteiger partial charge in [0.25, 0.3) is 5.56 Å². The largest absolute Gasteiger partial charge is 0.490 e. The van der Waals surface area contributed by atoms with E-state index in [1.807, 2.05) is 57.2 Å². The van der Waals surface area contributed by atoms with Crippen LogP contribution < -0.4 is 24.5 Å². The van der Waals surface area contributed by atoms with Gasteiger partial charge in [-0.3, -0.25) is 4.79 Å². The summed E-state index contributed by atoms with van der Waals surface area (Å²) in [5, 5.41) is 5.05. The van der Waals surface area contributed by atoms with Crippen LogP contribution >= 0.6 is 47.8 Å². The summed E-state index contributed by atoms with van der Waals surface area (Å²) in [7, 11) is 0. The first-order chi connectivity index (χ1) is 18.8. The molecular weight excluding hydrogens is 698 g/mol. The maximum Gasteiger partial charge on any atom is 0.282 e. The highest BCUT2D eigenvalue weighted by Crippen LogP contribution is 2.43. The summed E-state index contributed by atoms with van der Waals surface area (Å²) < 4.78 is 26.5. The van der Waals surface area contributed by atoms with Crippen LogP contribution in [0.5, 0.6) is 23.0 Å². The van der Waals surface area contributed by atoms with Gasteiger partial charge >= 0.3 is 0 Å². The van der Waals surface area contributed by atoms with Gasteiger partial charge in [-0.1, -0.05) is 35.8 Å². The molecule has 39 heavy (non-hydrogen) atoms. The van der Waals surface area contributed by atoms with E-state index in [0.29, 0.717) is 61.7 Å². The normalized spacial score (nSPS) is 12.6. The van der Waals surface area contributed by atoms with E-state index in [1.165, 1.54) is 4.68 Å². The number of ether oxygens (including phenoxy) is 4. The molecule has 0 N–H and O–H groups in total. The Morgan fingerprint density at radius 2 is 1.85 bits per heavy atom. The van der Waals surface area contributed by atoms with Gasteiger partial charge in [-0.05, 0) is 80.7 Å². The average molecular weight is 722 g/mol. The third kappa shape index (κ3) is 5.71. The summed E-state index contributed by atoms with van der Waals surface area (Å²) in [5.41, 5.74) is 2.00. The second kappa shape index (κ2) is 11.7. The smallest absolute Gasteiger partial charge is 0.282 e. The molecule has 5 rings (SSSR count). The van der Waals surface area contributed by atoms with Crippen molar-refractivity contribution in [2.45, 2.75) is 33.3 Å². The number of nitrogens with zero attached hydrogens (tertiary/aromatic N) is 3. The fourth-order valence-corrected chi connectivity index (χ4v) is 5.35. The van der Waals surface area contributed by atoms with Gasteiger partial charge in [0.1, 0.15) is 12.4 Å². The summed E-state index contributed by atoms with van der Waals surface area (Å²) in [6.07, 6.45) is 1.61. The molecule has 4 aromatic rings. The van der Waals surface area contributed by atoms with Gasteiger partial charge in [0.05, 0.1) is 28.2 Å². The van der Waals surface area contributed by atoms with Gasteiger partial charge in [-0.2, -0.15) is 9.78 Å². The van der Waals surface area contributed by atoms with E-state index in [2.05, 4.69) is 52.9 Å². The number of fused-ring (bicyclic) bond motifs is 2. The number of aromatic nitrogens is 2. The van der Waals surface area contributed by atoms with Crippen LogP contribution in [0, 0.1) is 0 Å². The van der Waals surface area contributed by atoms with Crippen molar-refractivity contribution in [2.24, 2.45) is 5.10 Å². The lowest BCUT2D eigenvalue weighted by molar-refractivity contribution is 0.174. The topological polar surface area (TPSA) is 84.2 Å². The van der Waals surface area contributed by atoms with Gasteiger partial charge < -0.3 is 18.9 Å². The molecule has 0 saturated heterocycles. The Labute approximate surface area is 250 Å². The zero-order chi connectivity index (χ0) is 27.7. The van der Waals surface area contributed by atoms with Crippen molar-refractivity contribution >= 4 is 64.9 Å². The van der Waals surface area contributed by atoms with Gasteiger partial charge in [0.2, 0.25) is 6.79 Å². The second-order valence-corrected chi connectivity index (χ2v) is 11.5. The van der Waals surface area contributed by atoms with Crippen LogP contribution in [-0.2, 0) is 6.61 Å². The van der Waals surface area contributed by atoms with Crippen molar-refractivity contribution in [2.75, 3.05) is 13.4 Å². The molecule has 11 heteroatoms. The predicted molar refractivity (Wildman–Crippen MR) is 161 cm³/mol. The van der Waals surface area contributed by atoms with Gasteiger partial charge in [-0.25, -0.2) is 4.98 Å². The summed E-state index contributed by atoms with van der Waals surface area (Å²) in [6, 6.07) is 13.0. The first kappa shape index (κ1) is 27.7. The molecule has 0 fully saturated rings. The summed E-state index contributed by atoms with van der Waals surface area (Å²) in [5.74, 6) is 3.02. The molecule has 0 bridgehead atoms. The first-order valence-corrected chi connectivity index (χ1v) is 14.6. The number of rotatable bonds is 8. The Morgan fingerprint density at radius 1 is 1.05 bits per heavy atom. The Kier molecular flexibility index (Phi) is 8.29. The minimum atomic E-state index is -0.245. The van der Waals surface area contributed by atoms with E-state index in [4.69, 9.17) is 23.9 Å². The highest BCUT2D eigenvalue weighted by molar-refractivity contribution is 9.13. The van der Waals surface area contributed by atoms with E-state index in [1.54, 1.807) is 12.3 Å². The maximum absolute atomic E-state index is 13.4. The molecule has 202 valence electrons. The van der Waals surface area contributed by atoms with E-state index in [9.17, 15) is 4.79 Å². The molecule has 3 aromatic carbocycles. The van der Waals surface area contributed by atoms with Crippen molar-refractivity contribution in [3.8, 4) is 23.0 Å². The number of benzene rings is 3. The zero-order valence-corrected chi connectivity index (χ0v) is 26.1. The molecule has 0 saturated carbocycles. The first-order valence-electron chi connectivity index (χ1n) is 12.2. The van der Waals surface area contributed by atoms with Crippen LogP contribution in [-0.4, -0.2) is 29.3 Å². The van der Waals surface area contributed by atoms with Crippen molar-refractivity contribution in [3.63, 3.8) is 0 Å². The zero-order valence-electron chi connectivity index (χ0n) is 21.3. The van der Waals surface area contributed by atoms with Crippen LogP contribution in [0.4, 0.5) is 0 Å². The van der Waals surface area contributed by atoms with Crippen molar-refractivity contribution < 1.29 is 18.9 Å². The Balaban J connectivity index is 1.50. The quantitative estimate of drug-likeness (QED) is 0.177. The molecule has 1 aromatic heterocycles. The molecule has 0 radical (unpaired) electrons. The molecule has 0 atom stereocenters.